The van der Waals surface area contributed by atoms with Crippen molar-refractivity contribution in [1.82, 2.24) is 14.9 Å². The van der Waals surface area contributed by atoms with Crippen LogP contribution in [0, 0.1) is 12.8 Å². The maximum Gasteiger partial charge on any atom is 0.326 e. The molecular weight excluding hydrogens is 262 g/mol. The van der Waals surface area contributed by atoms with Gasteiger partial charge in [-0.25, -0.2) is 4.79 Å². The van der Waals surface area contributed by atoms with Gasteiger partial charge in [-0.2, -0.15) is 0 Å². The second-order valence-corrected chi connectivity index (χ2v) is 5.36. The zero-order chi connectivity index (χ0) is 12.7. The minimum Gasteiger partial charge on any atom is -0.316 e. The van der Waals surface area contributed by atoms with E-state index in [0.717, 1.165) is 30.5 Å². The summed E-state index contributed by atoms with van der Waals surface area (Å²) in [6.45, 7) is 6.24. The smallest absolute Gasteiger partial charge is 0.316 e. The van der Waals surface area contributed by atoms with E-state index in [2.05, 4.69) is 30.2 Å². The van der Waals surface area contributed by atoms with Crippen molar-refractivity contribution in [3.63, 3.8) is 0 Å². The van der Waals surface area contributed by atoms with Gasteiger partial charge in [-0.05, 0) is 50.0 Å². The van der Waals surface area contributed by atoms with Crippen molar-refractivity contribution in [3.8, 4) is 0 Å². The van der Waals surface area contributed by atoms with E-state index >= 15 is 0 Å². The number of nitrogens with one attached hydrogen (secondary N) is 2. The minimum atomic E-state index is 0. The molecule has 104 valence electrons. The molecule has 2 N–H and O–H groups in total. The van der Waals surface area contributed by atoms with Crippen LogP contribution in [0.2, 0.25) is 0 Å². The van der Waals surface area contributed by atoms with Crippen molar-refractivity contribution in [2.24, 2.45) is 5.92 Å². The number of rotatable bonds is 1. The van der Waals surface area contributed by atoms with Crippen LogP contribution < -0.4 is 11.0 Å². The number of hydrogen-bond acceptors (Lipinski definition) is 2. The number of nitrogens with zero attached hydrogens (tertiary/aromatic N) is 1. The Morgan fingerprint density at radius 1 is 1.37 bits per heavy atom. The van der Waals surface area contributed by atoms with E-state index < -0.39 is 0 Å². The zero-order valence-corrected chi connectivity index (χ0v) is 12.1. The first kappa shape index (κ1) is 14.2. The molecule has 0 spiro atoms. The minimum absolute atomic E-state index is 0. The molecule has 0 saturated carbocycles. The third-order valence-electron chi connectivity index (χ3n) is 3.94. The molecule has 1 aromatic heterocycles. The summed E-state index contributed by atoms with van der Waals surface area (Å²) in [6, 6.07) is 6.43. The summed E-state index contributed by atoms with van der Waals surface area (Å²) >= 11 is 0. The van der Waals surface area contributed by atoms with Gasteiger partial charge in [-0.1, -0.05) is 13.0 Å². The number of H-pyrrole nitrogens is 1. The lowest BCUT2D eigenvalue weighted by Crippen LogP contribution is -2.39. The third kappa shape index (κ3) is 2.42. The average molecular weight is 282 g/mol. The molecule has 2 unspecified atom stereocenters. The van der Waals surface area contributed by atoms with Crippen LogP contribution in [-0.2, 0) is 0 Å². The fraction of sp³-hybridized carbons (Fsp3) is 0.500. The molecule has 2 aromatic rings. The summed E-state index contributed by atoms with van der Waals surface area (Å²) in [4.78, 5) is 15.1. The summed E-state index contributed by atoms with van der Waals surface area (Å²) in [6.07, 6.45) is 1.02. The molecule has 0 aliphatic carbocycles. The number of hydrogen-bond donors (Lipinski definition) is 2. The van der Waals surface area contributed by atoms with Gasteiger partial charge in [-0.15, -0.1) is 12.4 Å². The van der Waals surface area contributed by atoms with Gasteiger partial charge in [0.2, 0.25) is 0 Å². The molecule has 1 fully saturated rings. The highest BCUT2D eigenvalue weighted by atomic mass is 35.5. The molecule has 0 amide bonds. The Morgan fingerprint density at radius 3 is 2.89 bits per heavy atom. The summed E-state index contributed by atoms with van der Waals surface area (Å²) in [5.74, 6) is 0.482. The normalized spacial score (nSPS) is 23.3. The van der Waals surface area contributed by atoms with Crippen LogP contribution in [0.25, 0.3) is 11.0 Å². The van der Waals surface area contributed by atoms with Gasteiger partial charge in [0.1, 0.15) is 0 Å². The van der Waals surface area contributed by atoms with E-state index in [1.807, 2.05) is 16.7 Å². The maximum atomic E-state index is 12.2. The Hall–Kier alpha value is -1.26. The quantitative estimate of drug-likeness (QED) is 0.842. The number of halogens is 1. The van der Waals surface area contributed by atoms with E-state index in [9.17, 15) is 4.79 Å². The van der Waals surface area contributed by atoms with Crippen LogP contribution in [0.3, 0.4) is 0 Å². The van der Waals surface area contributed by atoms with Gasteiger partial charge in [-0.3, -0.25) is 4.57 Å². The van der Waals surface area contributed by atoms with Gasteiger partial charge in [0.25, 0.3) is 0 Å². The fourth-order valence-corrected chi connectivity index (χ4v) is 2.94. The van der Waals surface area contributed by atoms with Gasteiger partial charge in [0, 0.05) is 6.04 Å². The van der Waals surface area contributed by atoms with Crippen LogP contribution in [0.5, 0.6) is 0 Å². The van der Waals surface area contributed by atoms with E-state index in [4.69, 9.17) is 0 Å². The maximum absolute atomic E-state index is 12.2. The van der Waals surface area contributed by atoms with Gasteiger partial charge in [0.05, 0.1) is 11.0 Å². The molecule has 2 heterocycles. The van der Waals surface area contributed by atoms with Gasteiger partial charge in [0.15, 0.2) is 0 Å². The predicted octanol–water partition coefficient (Wildman–Crippen LogP) is 2.23. The standard InChI is InChI=1S/C14H19N3O.ClH/c1-9-3-4-11-13(7-9)17(14(18)16-11)12-5-6-15-8-10(12)2;/h3-4,7,10,12,15H,5-6,8H2,1-2H3,(H,16,18);1H. The van der Waals surface area contributed by atoms with Crippen LogP contribution in [0.1, 0.15) is 24.9 Å². The molecule has 19 heavy (non-hydrogen) atoms. The van der Waals surface area contributed by atoms with Crippen molar-refractivity contribution in [1.29, 1.82) is 0 Å². The number of fused-ring (bicyclic) bond motifs is 1. The highest BCUT2D eigenvalue weighted by molar-refractivity contribution is 5.85. The molecule has 1 saturated heterocycles. The summed E-state index contributed by atoms with van der Waals surface area (Å²) in [5.41, 5.74) is 3.20. The van der Waals surface area contributed by atoms with E-state index in [1.165, 1.54) is 5.56 Å². The Bertz CT molecular complexity index is 631. The number of benzene rings is 1. The number of imidazole rings is 1. The Balaban J connectivity index is 0.00000133. The summed E-state index contributed by atoms with van der Waals surface area (Å²) in [5, 5.41) is 3.38. The monoisotopic (exact) mass is 281 g/mol. The molecule has 0 radical (unpaired) electrons. The Labute approximate surface area is 118 Å². The lowest BCUT2D eigenvalue weighted by molar-refractivity contribution is 0.274. The average Bonchev–Trinajstić information content (AvgIpc) is 2.66. The van der Waals surface area contributed by atoms with Crippen LogP contribution in [0.4, 0.5) is 0 Å². The fourth-order valence-electron chi connectivity index (χ4n) is 2.94. The van der Waals surface area contributed by atoms with E-state index in [0.29, 0.717) is 12.0 Å². The first-order valence-electron chi connectivity index (χ1n) is 6.58. The molecule has 1 aliphatic heterocycles. The first-order chi connectivity index (χ1) is 8.66. The number of aryl methyl sites for hydroxylation is 1. The zero-order valence-electron chi connectivity index (χ0n) is 11.3. The Morgan fingerprint density at radius 2 is 2.16 bits per heavy atom. The lowest BCUT2D eigenvalue weighted by atomic mass is 9.95. The largest absolute Gasteiger partial charge is 0.326 e. The second-order valence-electron chi connectivity index (χ2n) is 5.36. The molecule has 0 bridgehead atoms. The van der Waals surface area contributed by atoms with Gasteiger partial charge >= 0.3 is 5.69 Å². The predicted molar refractivity (Wildman–Crippen MR) is 80.2 cm³/mol. The van der Waals surface area contributed by atoms with Crippen LogP contribution in [0.15, 0.2) is 23.0 Å². The van der Waals surface area contributed by atoms with Crippen molar-refractivity contribution in [2.45, 2.75) is 26.3 Å². The summed E-state index contributed by atoms with van der Waals surface area (Å²) in [7, 11) is 0. The SMILES string of the molecule is Cc1ccc2[nH]c(=O)n(C3CCNCC3C)c2c1.Cl. The Kier molecular flexibility index (Phi) is 4.02. The molecular formula is C14H20ClN3O. The molecule has 1 aliphatic rings. The van der Waals surface area contributed by atoms with Crippen molar-refractivity contribution < 1.29 is 0 Å². The lowest BCUT2D eigenvalue weighted by Gasteiger charge is -2.30. The van der Waals surface area contributed by atoms with Crippen molar-refractivity contribution in [2.75, 3.05) is 13.1 Å². The molecule has 1 aromatic carbocycles. The molecule has 5 heteroatoms. The molecule has 4 nitrogen and oxygen atoms in total. The number of piperidine rings is 1. The third-order valence-corrected chi connectivity index (χ3v) is 3.94. The molecule has 3 rings (SSSR count). The second kappa shape index (κ2) is 5.39. The van der Waals surface area contributed by atoms with Crippen molar-refractivity contribution in [3.05, 3.63) is 34.2 Å². The highest BCUT2D eigenvalue weighted by Gasteiger charge is 2.25. The van der Waals surface area contributed by atoms with E-state index in [1.54, 1.807) is 0 Å². The topological polar surface area (TPSA) is 49.8 Å². The van der Waals surface area contributed by atoms with Crippen LogP contribution >= 0.6 is 12.4 Å². The highest BCUT2D eigenvalue weighted by Crippen LogP contribution is 2.26. The summed E-state index contributed by atoms with van der Waals surface area (Å²) < 4.78 is 1.95. The van der Waals surface area contributed by atoms with Crippen molar-refractivity contribution >= 4 is 23.4 Å². The first-order valence-corrected chi connectivity index (χ1v) is 6.58. The van der Waals surface area contributed by atoms with Crippen LogP contribution in [-0.4, -0.2) is 22.6 Å². The number of aromatic amines is 1. The molecule has 2 atom stereocenters. The number of aromatic nitrogens is 2. The van der Waals surface area contributed by atoms with E-state index in [-0.39, 0.29) is 18.1 Å². The van der Waals surface area contributed by atoms with Gasteiger partial charge < -0.3 is 10.3 Å².